The number of imide groups is 1. The van der Waals surface area contributed by atoms with Crippen LogP contribution in [0.2, 0.25) is 0 Å². The Morgan fingerprint density at radius 2 is 1.56 bits per heavy atom. The van der Waals surface area contributed by atoms with Crippen LogP contribution in [0.4, 0.5) is 17.1 Å². The molecule has 9 heteroatoms. The van der Waals surface area contributed by atoms with Gasteiger partial charge < -0.3 is 24.4 Å². The lowest BCUT2D eigenvalue weighted by Gasteiger charge is -2.31. The van der Waals surface area contributed by atoms with Crippen molar-refractivity contribution in [3.63, 3.8) is 0 Å². The lowest BCUT2D eigenvalue weighted by Crippen LogP contribution is -2.36. The molecule has 0 atom stereocenters. The topological polar surface area (TPSA) is 97.4 Å². The van der Waals surface area contributed by atoms with Crippen LogP contribution in [0, 0.1) is 0 Å². The van der Waals surface area contributed by atoms with Gasteiger partial charge in [-0.15, -0.1) is 0 Å². The molecule has 9 nitrogen and oxygen atoms in total. The third kappa shape index (κ3) is 4.99. The number of hydrogen-bond donors (Lipinski definition) is 1. The van der Waals surface area contributed by atoms with E-state index in [-0.39, 0.29) is 30.6 Å². The first-order chi connectivity index (χ1) is 16.5. The minimum atomic E-state index is -0.340. The van der Waals surface area contributed by atoms with Crippen molar-refractivity contribution in [2.24, 2.45) is 0 Å². The minimum absolute atomic E-state index is 0.212. The summed E-state index contributed by atoms with van der Waals surface area (Å²) in [5.74, 6) is 0.406. The fourth-order valence-electron chi connectivity index (χ4n) is 4.07. The molecule has 2 aromatic carbocycles. The Kier molecular flexibility index (Phi) is 7.32. The Bertz CT molecular complexity index is 1050. The largest absolute Gasteiger partial charge is 0.492 e. The monoisotopic (exact) mass is 467 g/mol. The van der Waals surface area contributed by atoms with Crippen molar-refractivity contribution in [2.45, 2.75) is 26.7 Å². The smallest absolute Gasteiger partial charge is 0.255 e. The Morgan fingerprint density at radius 1 is 0.941 bits per heavy atom. The fraction of sp³-hybridized carbons (Fsp3) is 0.400. The average Bonchev–Trinajstić information content (AvgIpc) is 3.19. The molecule has 0 unspecified atom stereocenters. The average molecular weight is 468 g/mol. The van der Waals surface area contributed by atoms with Crippen LogP contribution in [-0.2, 0) is 14.3 Å². The van der Waals surface area contributed by atoms with Gasteiger partial charge in [-0.3, -0.25) is 19.3 Å². The van der Waals surface area contributed by atoms with Gasteiger partial charge in [-0.1, -0.05) is 0 Å². The second-order valence-electron chi connectivity index (χ2n) is 7.91. The van der Waals surface area contributed by atoms with Gasteiger partial charge in [-0.05, 0) is 38.1 Å². The molecule has 0 bridgehead atoms. The van der Waals surface area contributed by atoms with Crippen molar-refractivity contribution in [2.75, 3.05) is 54.6 Å². The van der Waals surface area contributed by atoms with E-state index in [0.29, 0.717) is 54.9 Å². The summed E-state index contributed by atoms with van der Waals surface area (Å²) in [6.07, 6.45) is 0.424. The first-order valence-corrected chi connectivity index (χ1v) is 11.5. The lowest BCUT2D eigenvalue weighted by atomic mass is 10.1. The molecule has 0 aliphatic carbocycles. The van der Waals surface area contributed by atoms with Crippen molar-refractivity contribution in [1.82, 2.24) is 0 Å². The highest BCUT2D eigenvalue weighted by Gasteiger charge is 2.30. The maximum atomic E-state index is 13.0. The van der Waals surface area contributed by atoms with E-state index >= 15 is 0 Å². The maximum Gasteiger partial charge on any atom is 0.255 e. The number of nitrogens with zero attached hydrogens (tertiary/aromatic N) is 2. The summed E-state index contributed by atoms with van der Waals surface area (Å²) in [5, 5.41) is 2.91. The number of carbonyl (C=O) groups is 3. The summed E-state index contributed by atoms with van der Waals surface area (Å²) in [4.78, 5) is 40.3. The Labute approximate surface area is 198 Å². The number of morpholine rings is 1. The van der Waals surface area contributed by atoms with Gasteiger partial charge in [0.2, 0.25) is 11.8 Å². The van der Waals surface area contributed by atoms with Crippen molar-refractivity contribution in [3.05, 3.63) is 42.0 Å². The lowest BCUT2D eigenvalue weighted by molar-refractivity contribution is -0.121. The van der Waals surface area contributed by atoms with Crippen molar-refractivity contribution in [1.29, 1.82) is 0 Å². The SMILES string of the molecule is CCOc1cc(N2CCOCC2)c(OCC)cc1NC(=O)c1ccc(N2C(=O)CCC2=O)cc1. The van der Waals surface area contributed by atoms with Crippen molar-refractivity contribution in [3.8, 4) is 11.5 Å². The predicted molar refractivity (Wildman–Crippen MR) is 128 cm³/mol. The molecule has 4 rings (SSSR count). The number of amides is 3. The van der Waals surface area contributed by atoms with E-state index in [1.807, 2.05) is 19.9 Å². The zero-order valence-corrected chi connectivity index (χ0v) is 19.5. The molecule has 0 saturated carbocycles. The first kappa shape index (κ1) is 23.6. The quantitative estimate of drug-likeness (QED) is 0.596. The van der Waals surface area contributed by atoms with Gasteiger partial charge in [0.1, 0.15) is 11.5 Å². The highest BCUT2D eigenvalue weighted by Crippen LogP contribution is 2.39. The molecule has 180 valence electrons. The normalized spacial score (nSPS) is 16.1. The minimum Gasteiger partial charge on any atom is -0.492 e. The molecular formula is C25H29N3O6. The number of anilines is 3. The van der Waals surface area contributed by atoms with Crippen LogP contribution in [0.5, 0.6) is 11.5 Å². The van der Waals surface area contributed by atoms with E-state index in [4.69, 9.17) is 14.2 Å². The van der Waals surface area contributed by atoms with E-state index in [0.717, 1.165) is 23.7 Å². The molecule has 3 amide bonds. The molecule has 2 aromatic rings. The number of nitrogens with one attached hydrogen (secondary N) is 1. The summed E-state index contributed by atoms with van der Waals surface area (Å²) in [6, 6.07) is 10.1. The molecule has 34 heavy (non-hydrogen) atoms. The molecule has 0 aromatic heterocycles. The van der Waals surface area contributed by atoms with Crippen molar-refractivity contribution < 1.29 is 28.6 Å². The van der Waals surface area contributed by atoms with E-state index in [1.54, 1.807) is 30.3 Å². The summed E-state index contributed by atoms with van der Waals surface area (Å²) >= 11 is 0. The molecule has 2 saturated heterocycles. The Morgan fingerprint density at radius 3 is 2.18 bits per heavy atom. The van der Waals surface area contributed by atoms with Gasteiger partial charge in [0, 0.05) is 43.6 Å². The maximum absolute atomic E-state index is 13.0. The van der Waals surface area contributed by atoms with Crippen LogP contribution in [0.25, 0.3) is 0 Å². The van der Waals surface area contributed by atoms with Gasteiger partial charge in [0.05, 0.1) is 43.5 Å². The zero-order chi connectivity index (χ0) is 24.1. The summed E-state index contributed by atoms with van der Waals surface area (Å²) in [7, 11) is 0. The number of ether oxygens (including phenoxy) is 3. The molecule has 0 spiro atoms. The van der Waals surface area contributed by atoms with Crippen molar-refractivity contribution >= 4 is 34.8 Å². The molecule has 0 radical (unpaired) electrons. The van der Waals surface area contributed by atoms with Gasteiger partial charge in [0.25, 0.3) is 5.91 Å². The molecule has 2 aliphatic rings. The van der Waals surface area contributed by atoms with Gasteiger partial charge in [0.15, 0.2) is 0 Å². The fourth-order valence-corrected chi connectivity index (χ4v) is 4.07. The second-order valence-corrected chi connectivity index (χ2v) is 7.91. The molecule has 2 heterocycles. The third-order valence-corrected chi connectivity index (χ3v) is 5.70. The highest BCUT2D eigenvalue weighted by atomic mass is 16.5. The third-order valence-electron chi connectivity index (χ3n) is 5.70. The van der Waals surface area contributed by atoms with Gasteiger partial charge in [-0.25, -0.2) is 0 Å². The number of benzene rings is 2. The van der Waals surface area contributed by atoms with Crippen LogP contribution in [0.15, 0.2) is 36.4 Å². The van der Waals surface area contributed by atoms with E-state index in [1.165, 1.54) is 0 Å². The zero-order valence-electron chi connectivity index (χ0n) is 19.5. The van der Waals surface area contributed by atoms with Crippen LogP contribution in [0.1, 0.15) is 37.0 Å². The number of hydrogen-bond acceptors (Lipinski definition) is 7. The second kappa shape index (κ2) is 10.6. The molecular weight excluding hydrogens is 438 g/mol. The predicted octanol–water partition coefficient (Wildman–Crippen LogP) is 3.23. The standard InChI is InChI=1S/C25H29N3O6/c1-3-33-21-16-20(27-11-13-32-14-12-27)22(34-4-2)15-19(21)26-25(31)17-5-7-18(8-6-17)28-23(29)9-10-24(28)30/h5-8,15-16H,3-4,9-14H2,1-2H3,(H,26,31). The summed E-state index contributed by atoms with van der Waals surface area (Å²) in [6.45, 7) is 7.47. The molecule has 1 N–H and O–H groups in total. The summed E-state index contributed by atoms with van der Waals surface area (Å²) in [5.41, 5.74) is 2.25. The van der Waals surface area contributed by atoms with Crippen LogP contribution in [-0.4, -0.2) is 57.2 Å². The Balaban J connectivity index is 1.58. The van der Waals surface area contributed by atoms with Crippen LogP contribution in [0.3, 0.4) is 0 Å². The van der Waals surface area contributed by atoms with E-state index in [9.17, 15) is 14.4 Å². The summed E-state index contributed by atoms with van der Waals surface area (Å²) < 4.78 is 17.2. The van der Waals surface area contributed by atoms with Crippen LogP contribution < -0.4 is 24.6 Å². The molecule has 2 aliphatic heterocycles. The van der Waals surface area contributed by atoms with E-state index in [2.05, 4.69) is 10.2 Å². The van der Waals surface area contributed by atoms with E-state index < -0.39 is 0 Å². The number of rotatable bonds is 8. The van der Waals surface area contributed by atoms with Gasteiger partial charge >= 0.3 is 0 Å². The molecule has 2 fully saturated rings. The Hall–Kier alpha value is -3.59. The highest BCUT2D eigenvalue weighted by molar-refractivity contribution is 6.20. The van der Waals surface area contributed by atoms with Gasteiger partial charge in [-0.2, -0.15) is 0 Å². The first-order valence-electron chi connectivity index (χ1n) is 11.5. The van der Waals surface area contributed by atoms with Crippen LogP contribution >= 0.6 is 0 Å². The number of carbonyl (C=O) groups excluding carboxylic acids is 3.